The molecule has 0 bridgehead atoms. The maximum atomic E-state index is 13.4. The molecule has 1 aliphatic carbocycles. The van der Waals surface area contributed by atoms with Crippen LogP contribution >= 0.6 is 15.9 Å². The monoisotopic (exact) mass is 327 g/mol. The Morgan fingerprint density at radius 3 is 2.74 bits per heavy atom. The fraction of sp³-hybridized carbons (Fsp3) is 0.533. The van der Waals surface area contributed by atoms with Crippen LogP contribution in [0, 0.1) is 17.7 Å². The Kier molecular flexibility index (Phi) is 4.97. The third kappa shape index (κ3) is 3.78. The summed E-state index contributed by atoms with van der Waals surface area (Å²) in [7, 11) is 0. The molecule has 1 N–H and O–H groups in total. The third-order valence-electron chi connectivity index (χ3n) is 3.88. The standard InChI is InChI=1S/C15H19BrFNO/c1-10-5-7-11(8-6-10)9-18-15(19)12-3-2-4-13(17)14(12)16/h2-4,10-11H,5-9H2,1H3,(H,18,19). The van der Waals surface area contributed by atoms with Crippen molar-refractivity contribution in [2.75, 3.05) is 6.54 Å². The second-order valence-corrected chi connectivity index (χ2v) is 6.23. The van der Waals surface area contributed by atoms with Crippen molar-refractivity contribution >= 4 is 21.8 Å². The average molecular weight is 328 g/mol. The van der Waals surface area contributed by atoms with Gasteiger partial charge in [0, 0.05) is 6.54 Å². The molecule has 1 aromatic carbocycles. The minimum atomic E-state index is -0.404. The van der Waals surface area contributed by atoms with E-state index in [1.165, 1.54) is 31.7 Å². The molecule has 1 amide bonds. The van der Waals surface area contributed by atoms with E-state index in [0.29, 0.717) is 18.0 Å². The van der Waals surface area contributed by atoms with Gasteiger partial charge in [0.2, 0.25) is 0 Å². The van der Waals surface area contributed by atoms with Crippen molar-refractivity contribution in [3.05, 3.63) is 34.1 Å². The summed E-state index contributed by atoms with van der Waals surface area (Å²) < 4.78 is 13.6. The van der Waals surface area contributed by atoms with E-state index in [2.05, 4.69) is 28.2 Å². The first-order valence-electron chi connectivity index (χ1n) is 6.80. The summed E-state index contributed by atoms with van der Waals surface area (Å²) in [6, 6.07) is 4.52. The zero-order chi connectivity index (χ0) is 13.8. The molecule has 0 saturated heterocycles. The van der Waals surface area contributed by atoms with Crippen LogP contribution in [0.25, 0.3) is 0 Å². The molecular weight excluding hydrogens is 309 g/mol. The van der Waals surface area contributed by atoms with Crippen molar-refractivity contribution in [2.45, 2.75) is 32.6 Å². The molecule has 1 saturated carbocycles. The Bertz CT molecular complexity index is 455. The SMILES string of the molecule is CC1CCC(CNC(=O)c2cccc(F)c2Br)CC1. The van der Waals surface area contributed by atoms with Crippen LogP contribution in [0.1, 0.15) is 43.0 Å². The van der Waals surface area contributed by atoms with Gasteiger partial charge < -0.3 is 5.32 Å². The van der Waals surface area contributed by atoms with Gasteiger partial charge in [-0.15, -0.1) is 0 Å². The van der Waals surface area contributed by atoms with Crippen LogP contribution in [0.3, 0.4) is 0 Å². The van der Waals surface area contributed by atoms with Gasteiger partial charge in [-0.1, -0.05) is 25.8 Å². The summed E-state index contributed by atoms with van der Waals surface area (Å²) in [6.07, 6.45) is 4.83. The highest BCUT2D eigenvalue weighted by Gasteiger charge is 2.19. The lowest BCUT2D eigenvalue weighted by Crippen LogP contribution is -2.31. The molecule has 4 heteroatoms. The number of carbonyl (C=O) groups excluding carboxylic acids is 1. The fourth-order valence-electron chi connectivity index (χ4n) is 2.54. The highest BCUT2D eigenvalue weighted by atomic mass is 79.9. The second kappa shape index (κ2) is 6.51. The second-order valence-electron chi connectivity index (χ2n) is 5.44. The van der Waals surface area contributed by atoms with E-state index in [9.17, 15) is 9.18 Å². The number of hydrogen-bond donors (Lipinski definition) is 1. The predicted octanol–water partition coefficient (Wildman–Crippen LogP) is 4.14. The van der Waals surface area contributed by atoms with Crippen LogP contribution in [0.5, 0.6) is 0 Å². The van der Waals surface area contributed by atoms with E-state index in [1.807, 2.05) is 0 Å². The van der Waals surface area contributed by atoms with Gasteiger partial charge in [0.05, 0.1) is 10.0 Å². The molecule has 1 aromatic rings. The fourth-order valence-corrected chi connectivity index (χ4v) is 2.99. The van der Waals surface area contributed by atoms with Gasteiger partial charge >= 0.3 is 0 Å². The number of amides is 1. The molecular formula is C15H19BrFNO. The first kappa shape index (κ1) is 14.5. The number of nitrogens with one attached hydrogen (secondary N) is 1. The van der Waals surface area contributed by atoms with Gasteiger partial charge in [-0.3, -0.25) is 4.79 Å². The Balaban J connectivity index is 1.89. The summed E-state index contributed by atoms with van der Waals surface area (Å²) in [5.74, 6) is 0.765. The molecule has 1 aliphatic rings. The molecule has 104 valence electrons. The number of rotatable bonds is 3. The Hall–Kier alpha value is -0.900. The summed E-state index contributed by atoms with van der Waals surface area (Å²) in [4.78, 5) is 12.0. The lowest BCUT2D eigenvalue weighted by atomic mass is 9.83. The molecule has 0 atom stereocenters. The van der Waals surface area contributed by atoms with E-state index < -0.39 is 5.82 Å². The Labute approximate surface area is 121 Å². The van der Waals surface area contributed by atoms with Crippen molar-refractivity contribution < 1.29 is 9.18 Å². The summed E-state index contributed by atoms with van der Waals surface area (Å²) in [6.45, 7) is 2.97. The zero-order valence-corrected chi connectivity index (χ0v) is 12.7. The summed E-state index contributed by atoms with van der Waals surface area (Å²) in [5, 5.41) is 2.92. The number of carbonyl (C=O) groups is 1. The minimum Gasteiger partial charge on any atom is -0.352 e. The summed E-state index contributed by atoms with van der Waals surface area (Å²) in [5.41, 5.74) is 0.365. The van der Waals surface area contributed by atoms with Gasteiger partial charge in [0.25, 0.3) is 5.91 Å². The number of hydrogen-bond acceptors (Lipinski definition) is 1. The molecule has 19 heavy (non-hydrogen) atoms. The largest absolute Gasteiger partial charge is 0.352 e. The minimum absolute atomic E-state index is 0.204. The van der Waals surface area contributed by atoms with Crippen LogP contribution in [0.15, 0.2) is 22.7 Å². The van der Waals surface area contributed by atoms with Crippen LogP contribution in [0.2, 0.25) is 0 Å². The molecule has 2 nitrogen and oxygen atoms in total. The van der Waals surface area contributed by atoms with Gasteiger partial charge in [0.15, 0.2) is 0 Å². The van der Waals surface area contributed by atoms with Crippen LogP contribution < -0.4 is 5.32 Å². The van der Waals surface area contributed by atoms with Gasteiger partial charge in [-0.2, -0.15) is 0 Å². The van der Waals surface area contributed by atoms with Gasteiger partial charge in [0.1, 0.15) is 5.82 Å². The topological polar surface area (TPSA) is 29.1 Å². The maximum Gasteiger partial charge on any atom is 0.252 e. The van der Waals surface area contributed by atoms with Crippen molar-refractivity contribution in [3.63, 3.8) is 0 Å². The lowest BCUT2D eigenvalue weighted by molar-refractivity contribution is 0.0940. The van der Waals surface area contributed by atoms with E-state index >= 15 is 0 Å². The van der Waals surface area contributed by atoms with E-state index in [1.54, 1.807) is 12.1 Å². The van der Waals surface area contributed by atoms with Gasteiger partial charge in [-0.05, 0) is 52.7 Å². The van der Waals surface area contributed by atoms with Crippen LogP contribution in [-0.4, -0.2) is 12.5 Å². The molecule has 0 heterocycles. The molecule has 0 radical (unpaired) electrons. The smallest absolute Gasteiger partial charge is 0.252 e. The van der Waals surface area contributed by atoms with Crippen molar-refractivity contribution in [1.29, 1.82) is 0 Å². The molecule has 0 aliphatic heterocycles. The molecule has 0 unspecified atom stereocenters. The lowest BCUT2D eigenvalue weighted by Gasteiger charge is -2.26. The summed E-state index contributed by atoms with van der Waals surface area (Å²) >= 11 is 3.12. The molecule has 0 spiro atoms. The van der Waals surface area contributed by atoms with Crippen molar-refractivity contribution in [3.8, 4) is 0 Å². The molecule has 1 fully saturated rings. The maximum absolute atomic E-state index is 13.4. The van der Waals surface area contributed by atoms with Gasteiger partial charge in [-0.25, -0.2) is 4.39 Å². The quantitative estimate of drug-likeness (QED) is 0.887. The van der Waals surface area contributed by atoms with E-state index in [-0.39, 0.29) is 10.4 Å². The van der Waals surface area contributed by atoms with Crippen molar-refractivity contribution in [2.24, 2.45) is 11.8 Å². The normalized spacial score (nSPS) is 23.1. The molecule has 0 aromatic heterocycles. The van der Waals surface area contributed by atoms with Crippen LogP contribution in [0.4, 0.5) is 4.39 Å². The van der Waals surface area contributed by atoms with E-state index in [4.69, 9.17) is 0 Å². The highest BCUT2D eigenvalue weighted by molar-refractivity contribution is 9.10. The first-order chi connectivity index (χ1) is 9.08. The van der Waals surface area contributed by atoms with E-state index in [0.717, 1.165) is 5.92 Å². The highest BCUT2D eigenvalue weighted by Crippen LogP contribution is 2.28. The molecule has 2 rings (SSSR count). The average Bonchev–Trinajstić information content (AvgIpc) is 2.41. The third-order valence-corrected chi connectivity index (χ3v) is 4.69. The van der Waals surface area contributed by atoms with Crippen molar-refractivity contribution in [1.82, 2.24) is 5.32 Å². The number of halogens is 2. The predicted molar refractivity (Wildman–Crippen MR) is 77.6 cm³/mol. The van der Waals surface area contributed by atoms with Crippen LogP contribution in [-0.2, 0) is 0 Å². The number of benzene rings is 1. The zero-order valence-electron chi connectivity index (χ0n) is 11.1. The Morgan fingerprint density at radius 1 is 1.37 bits per heavy atom. The first-order valence-corrected chi connectivity index (χ1v) is 7.59. The Morgan fingerprint density at radius 2 is 2.05 bits per heavy atom.